The lowest BCUT2D eigenvalue weighted by Crippen LogP contribution is -2.20. The lowest BCUT2D eigenvalue weighted by molar-refractivity contribution is 0.355. The Morgan fingerprint density at radius 2 is 1.53 bits per heavy atom. The van der Waals surface area contributed by atoms with Crippen molar-refractivity contribution in [1.82, 2.24) is 4.57 Å². The van der Waals surface area contributed by atoms with Gasteiger partial charge in [-0.2, -0.15) is 0 Å². The van der Waals surface area contributed by atoms with E-state index < -0.39 is 0 Å². The predicted octanol–water partition coefficient (Wildman–Crippen LogP) is 4.47. The summed E-state index contributed by atoms with van der Waals surface area (Å²) in [4.78, 5) is 17.7. The molecule has 0 bridgehead atoms. The Bertz CT molecular complexity index is 1360. The molecule has 162 valence electrons. The first-order valence-corrected chi connectivity index (χ1v) is 9.84. The second kappa shape index (κ2) is 8.85. The third-order valence-electron chi connectivity index (χ3n) is 5.14. The van der Waals surface area contributed by atoms with E-state index in [0.717, 1.165) is 0 Å². The quantitative estimate of drug-likeness (QED) is 0.456. The summed E-state index contributed by atoms with van der Waals surface area (Å²) in [5.74, 6) is 1.58. The zero-order chi connectivity index (χ0) is 22.7. The number of aromatic nitrogens is 1. The first-order valence-electron chi connectivity index (χ1n) is 9.84. The second-order valence-electron chi connectivity index (χ2n) is 6.92. The number of fused-ring (bicyclic) bond motifs is 1. The van der Waals surface area contributed by atoms with Crippen molar-refractivity contribution in [2.45, 2.75) is 0 Å². The molecule has 0 aliphatic rings. The van der Waals surface area contributed by atoms with Crippen LogP contribution in [0.2, 0.25) is 0 Å². The molecule has 32 heavy (non-hydrogen) atoms. The van der Waals surface area contributed by atoms with Gasteiger partial charge in [-0.15, -0.1) is 0 Å². The van der Waals surface area contributed by atoms with Crippen LogP contribution in [0.3, 0.4) is 0 Å². The van der Waals surface area contributed by atoms with Crippen molar-refractivity contribution in [3.05, 3.63) is 82.6 Å². The molecule has 4 aromatic rings. The minimum Gasteiger partial charge on any atom is -0.497 e. The SMILES string of the molecule is COc1ccc(-n2c(O)c(C=Nc3ccc(OC)c(OC)c3)c3ccccc3c2=O)cc1. The van der Waals surface area contributed by atoms with E-state index in [9.17, 15) is 9.90 Å². The molecule has 1 heterocycles. The molecule has 1 aromatic heterocycles. The van der Waals surface area contributed by atoms with Crippen molar-refractivity contribution in [2.75, 3.05) is 21.3 Å². The maximum atomic E-state index is 13.2. The monoisotopic (exact) mass is 430 g/mol. The summed E-state index contributed by atoms with van der Waals surface area (Å²) < 4.78 is 17.0. The van der Waals surface area contributed by atoms with E-state index in [1.54, 1.807) is 88.2 Å². The van der Waals surface area contributed by atoms with E-state index in [0.29, 0.717) is 45.0 Å². The fourth-order valence-electron chi connectivity index (χ4n) is 3.50. The summed E-state index contributed by atoms with van der Waals surface area (Å²) in [6.45, 7) is 0. The normalized spacial score (nSPS) is 11.1. The summed E-state index contributed by atoms with van der Waals surface area (Å²) in [5, 5.41) is 12.2. The van der Waals surface area contributed by atoms with Gasteiger partial charge in [0, 0.05) is 23.1 Å². The number of ether oxygens (including phenoxy) is 3. The Morgan fingerprint density at radius 3 is 2.19 bits per heavy atom. The van der Waals surface area contributed by atoms with E-state index in [1.165, 1.54) is 4.57 Å². The largest absolute Gasteiger partial charge is 0.497 e. The minimum absolute atomic E-state index is 0.205. The van der Waals surface area contributed by atoms with Gasteiger partial charge in [0.2, 0.25) is 5.88 Å². The number of nitrogens with zero attached hydrogens (tertiary/aromatic N) is 2. The molecule has 0 saturated carbocycles. The van der Waals surface area contributed by atoms with Crippen molar-refractivity contribution in [2.24, 2.45) is 4.99 Å². The highest BCUT2D eigenvalue weighted by Gasteiger charge is 2.16. The molecule has 3 aromatic carbocycles. The summed E-state index contributed by atoms with van der Waals surface area (Å²) in [6, 6.07) is 19.2. The number of methoxy groups -OCH3 is 3. The van der Waals surface area contributed by atoms with E-state index in [2.05, 4.69) is 4.99 Å². The predicted molar refractivity (Wildman–Crippen MR) is 125 cm³/mol. The molecule has 0 amide bonds. The number of hydrogen-bond donors (Lipinski definition) is 1. The highest BCUT2D eigenvalue weighted by Crippen LogP contribution is 2.32. The molecular weight excluding hydrogens is 408 g/mol. The number of hydrogen-bond acceptors (Lipinski definition) is 6. The van der Waals surface area contributed by atoms with Crippen LogP contribution < -0.4 is 19.8 Å². The number of pyridine rings is 1. The Morgan fingerprint density at radius 1 is 0.844 bits per heavy atom. The van der Waals surface area contributed by atoms with Crippen molar-refractivity contribution in [1.29, 1.82) is 0 Å². The van der Waals surface area contributed by atoms with Crippen LogP contribution in [0.5, 0.6) is 23.1 Å². The van der Waals surface area contributed by atoms with E-state index in [4.69, 9.17) is 14.2 Å². The highest BCUT2D eigenvalue weighted by molar-refractivity contribution is 6.02. The lowest BCUT2D eigenvalue weighted by atomic mass is 10.1. The van der Waals surface area contributed by atoms with E-state index in [1.807, 2.05) is 6.07 Å². The summed E-state index contributed by atoms with van der Waals surface area (Å²) in [5.41, 5.74) is 1.21. The molecule has 0 unspecified atom stereocenters. The number of aliphatic imine (C=N–C) groups is 1. The Balaban J connectivity index is 1.89. The Kier molecular flexibility index (Phi) is 5.81. The van der Waals surface area contributed by atoms with Gasteiger partial charge < -0.3 is 19.3 Å². The summed E-state index contributed by atoms with van der Waals surface area (Å²) >= 11 is 0. The van der Waals surface area contributed by atoms with Gasteiger partial charge in [-0.25, -0.2) is 4.57 Å². The van der Waals surface area contributed by atoms with Gasteiger partial charge in [0.25, 0.3) is 5.56 Å². The van der Waals surface area contributed by atoms with Crippen LogP contribution in [-0.2, 0) is 0 Å². The van der Waals surface area contributed by atoms with Gasteiger partial charge in [0.05, 0.1) is 38.3 Å². The van der Waals surface area contributed by atoms with Crippen molar-refractivity contribution in [3.8, 4) is 28.8 Å². The number of aromatic hydroxyl groups is 1. The van der Waals surface area contributed by atoms with Crippen LogP contribution >= 0.6 is 0 Å². The topological polar surface area (TPSA) is 82.3 Å². The third-order valence-corrected chi connectivity index (χ3v) is 5.14. The maximum Gasteiger partial charge on any atom is 0.265 e. The average Bonchev–Trinajstić information content (AvgIpc) is 2.84. The van der Waals surface area contributed by atoms with Gasteiger partial charge in [0.1, 0.15) is 5.75 Å². The summed E-state index contributed by atoms with van der Waals surface area (Å²) in [6.07, 6.45) is 1.54. The number of rotatable bonds is 6. The van der Waals surface area contributed by atoms with Gasteiger partial charge >= 0.3 is 0 Å². The van der Waals surface area contributed by atoms with Crippen LogP contribution in [-0.4, -0.2) is 37.2 Å². The molecular formula is C25H22N2O5. The molecule has 0 spiro atoms. The lowest BCUT2D eigenvalue weighted by Gasteiger charge is -2.14. The maximum absolute atomic E-state index is 13.2. The van der Waals surface area contributed by atoms with Crippen LogP contribution in [0.15, 0.2) is 76.5 Å². The Hall–Kier alpha value is -4.26. The fraction of sp³-hybridized carbons (Fsp3) is 0.120. The molecule has 0 radical (unpaired) electrons. The molecule has 7 heteroatoms. The van der Waals surface area contributed by atoms with Gasteiger partial charge in [-0.05, 0) is 42.5 Å². The zero-order valence-corrected chi connectivity index (χ0v) is 17.9. The molecule has 1 N–H and O–H groups in total. The summed E-state index contributed by atoms with van der Waals surface area (Å²) in [7, 11) is 4.68. The van der Waals surface area contributed by atoms with Gasteiger partial charge in [-0.3, -0.25) is 9.79 Å². The van der Waals surface area contributed by atoms with E-state index >= 15 is 0 Å². The second-order valence-corrected chi connectivity index (χ2v) is 6.92. The first kappa shape index (κ1) is 21.0. The van der Waals surface area contributed by atoms with Crippen LogP contribution in [0.4, 0.5) is 5.69 Å². The van der Waals surface area contributed by atoms with Crippen molar-refractivity contribution in [3.63, 3.8) is 0 Å². The standard InChI is InChI=1S/C25H22N2O5/c1-30-18-11-9-17(10-12-18)27-24(28)20-7-5-4-6-19(20)21(25(27)29)15-26-16-8-13-22(31-2)23(14-16)32-3/h4-15,29H,1-3H3. The van der Waals surface area contributed by atoms with Gasteiger partial charge in [-0.1, -0.05) is 18.2 Å². The minimum atomic E-state index is -0.327. The molecule has 7 nitrogen and oxygen atoms in total. The molecule has 0 atom stereocenters. The highest BCUT2D eigenvalue weighted by atomic mass is 16.5. The molecule has 4 rings (SSSR count). The average molecular weight is 430 g/mol. The smallest absolute Gasteiger partial charge is 0.265 e. The first-order chi connectivity index (χ1) is 15.6. The van der Waals surface area contributed by atoms with Crippen molar-refractivity contribution >= 4 is 22.7 Å². The Labute approximate surface area is 184 Å². The zero-order valence-electron chi connectivity index (χ0n) is 17.9. The molecule has 0 saturated heterocycles. The van der Waals surface area contributed by atoms with Gasteiger partial charge in [0.15, 0.2) is 11.5 Å². The third kappa shape index (κ3) is 3.76. The number of benzene rings is 3. The van der Waals surface area contributed by atoms with Crippen molar-refractivity contribution < 1.29 is 19.3 Å². The molecule has 0 fully saturated rings. The fourth-order valence-corrected chi connectivity index (χ4v) is 3.50. The van der Waals surface area contributed by atoms with Crippen LogP contribution in [0.1, 0.15) is 5.56 Å². The van der Waals surface area contributed by atoms with Crippen LogP contribution in [0, 0.1) is 0 Å². The molecule has 0 aliphatic heterocycles. The van der Waals surface area contributed by atoms with Crippen LogP contribution in [0.25, 0.3) is 16.5 Å². The van der Waals surface area contributed by atoms with E-state index in [-0.39, 0.29) is 11.4 Å². The molecule has 0 aliphatic carbocycles.